The highest BCUT2D eigenvalue weighted by molar-refractivity contribution is 5.56. The second kappa shape index (κ2) is 4.41. The quantitative estimate of drug-likeness (QED) is 0.859. The zero-order valence-electron chi connectivity index (χ0n) is 13.2. The van der Waals surface area contributed by atoms with E-state index in [0.717, 1.165) is 0 Å². The molecule has 0 aliphatic carbocycles. The van der Waals surface area contributed by atoms with Crippen molar-refractivity contribution in [2.24, 2.45) is 5.41 Å². The average Bonchev–Trinajstić information content (AvgIpc) is 2.57. The van der Waals surface area contributed by atoms with E-state index in [2.05, 4.69) is 0 Å². The Morgan fingerprint density at radius 3 is 2.82 bits per heavy atom. The van der Waals surface area contributed by atoms with Crippen molar-refractivity contribution in [3.05, 3.63) is 29.8 Å². The molecule has 0 saturated heterocycles. The Morgan fingerprint density at radius 1 is 1.41 bits per heavy atom. The normalized spacial score (nSPS) is 23.9. The fraction of sp³-hybridized carbons (Fsp3) is 0.429. The molecule has 1 unspecified atom stereocenters. The number of ether oxygens (including phenoxy) is 2. The summed E-state index contributed by atoms with van der Waals surface area (Å²) in [6.45, 7) is 3.18. The van der Waals surface area contributed by atoms with Crippen LogP contribution in [0.1, 0.15) is 30.4 Å². The van der Waals surface area contributed by atoms with Gasteiger partial charge < -0.3 is 14.6 Å². The molecular formula is C14H18O3. The molecule has 3 nitrogen and oxygen atoms in total. The lowest BCUT2D eigenvalue weighted by Gasteiger charge is -2.22. The van der Waals surface area contributed by atoms with Gasteiger partial charge in [-0.05, 0) is 23.1 Å². The predicted octanol–water partition coefficient (Wildman–Crippen LogP) is 2.84. The van der Waals surface area contributed by atoms with Gasteiger partial charge in [0, 0.05) is 0 Å². The fourth-order valence-electron chi connectivity index (χ4n) is 1.33. The third kappa shape index (κ3) is 2.80. The Kier molecular flexibility index (Phi) is 2.23. The second-order valence-corrected chi connectivity index (χ2v) is 4.96. The van der Waals surface area contributed by atoms with Crippen molar-refractivity contribution in [1.29, 1.82) is 0 Å². The first-order valence-corrected chi connectivity index (χ1v) is 5.44. The fourth-order valence-corrected chi connectivity index (χ4v) is 1.33. The van der Waals surface area contributed by atoms with Crippen molar-refractivity contribution < 1.29 is 18.7 Å². The molecular weight excluding hydrogens is 216 g/mol. The van der Waals surface area contributed by atoms with Crippen LogP contribution in [0.15, 0.2) is 24.3 Å². The summed E-state index contributed by atoms with van der Waals surface area (Å²) >= 11 is 0. The van der Waals surface area contributed by atoms with Crippen LogP contribution in [0.5, 0.6) is 11.5 Å². The molecule has 0 fully saturated rings. The number of hydrogen-bond acceptors (Lipinski definition) is 3. The van der Waals surface area contributed by atoms with Gasteiger partial charge in [-0.3, -0.25) is 0 Å². The minimum absolute atomic E-state index is 0.307. The zero-order valence-corrected chi connectivity index (χ0v) is 10.2. The van der Waals surface area contributed by atoms with E-state index in [4.69, 9.17) is 13.6 Å². The molecule has 1 atom stereocenters. The van der Waals surface area contributed by atoms with Crippen molar-refractivity contribution in [2.75, 3.05) is 6.75 Å². The Morgan fingerprint density at radius 2 is 2.12 bits per heavy atom. The molecule has 3 heteroatoms. The smallest absolute Gasteiger partial charge is 0.231 e. The van der Waals surface area contributed by atoms with Gasteiger partial charge >= 0.3 is 0 Å². The van der Waals surface area contributed by atoms with Gasteiger partial charge in [-0.2, -0.15) is 0 Å². The number of hydrogen-bond donors (Lipinski definition) is 1. The summed E-state index contributed by atoms with van der Waals surface area (Å²) in [5.41, 5.74) is 0.0807. The molecule has 1 aliphatic heterocycles. The van der Waals surface area contributed by atoms with Gasteiger partial charge in [0.15, 0.2) is 11.5 Å². The van der Waals surface area contributed by atoms with Crippen LogP contribution in [0.4, 0.5) is 0 Å². The van der Waals surface area contributed by atoms with Crippen LogP contribution in [-0.4, -0.2) is 17.9 Å². The summed E-state index contributed by atoms with van der Waals surface area (Å²) in [6.07, 6.45) is 1.31. The Balaban J connectivity index is 2.21. The van der Waals surface area contributed by atoms with Crippen molar-refractivity contribution in [3.63, 3.8) is 0 Å². The van der Waals surface area contributed by atoms with Crippen LogP contribution < -0.4 is 9.47 Å². The van der Waals surface area contributed by atoms with Crippen LogP contribution in [-0.2, 0) is 0 Å². The molecule has 0 bridgehead atoms. The number of benzene rings is 1. The van der Waals surface area contributed by atoms with Crippen molar-refractivity contribution in [3.8, 4) is 11.5 Å². The van der Waals surface area contributed by atoms with Crippen LogP contribution >= 0.6 is 0 Å². The molecule has 1 N–H and O–H groups in total. The summed E-state index contributed by atoms with van der Waals surface area (Å²) in [6, 6.07) is 4.91. The van der Waals surface area contributed by atoms with Crippen molar-refractivity contribution in [2.45, 2.75) is 26.9 Å². The standard InChI is InChI=1S/C14H18O3/c1-14(2,3)13(15)7-5-10-4-6-11-12(8-10)17-9-16-11/h4-8,13,15H,9H2,1-3H3/b7-5+/i9D2,13D. The van der Waals surface area contributed by atoms with E-state index in [-0.39, 0.29) is 0 Å². The van der Waals surface area contributed by atoms with E-state index < -0.39 is 18.2 Å². The van der Waals surface area contributed by atoms with Gasteiger partial charge in [0.25, 0.3) is 0 Å². The zero-order chi connectivity index (χ0) is 15.2. The van der Waals surface area contributed by atoms with Gasteiger partial charge in [-0.1, -0.05) is 39.0 Å². The van der Waals surface area contributed by atoms with Gasteiger partial charge in [0.2, 0.25) is 6.75 Å². The van der Waals surface area contributed by atoms with E-state index >= 15 is 0 Å². The maximum atomic E-state index is 10.1. The Hall–Kier alpha value is -1.48. The predicted molar refractivity (Wildman–Crippen MR) is 67.1 cm³/mol. The van der Waals surface area contributed by atoms with Crippen LogP contribution in [0.2, 0.25) is 0 Å². The summed E-state index contributed by atoms with van der Waals surface area (Å²) in [5.74, 6) is 0.644. The summed E-state index contributed by atoms with van der Waals surface area (Å²) in [5, 5.41) is 10.1. The van der Waals surface area contributed by atoms with E-state index in [0.29, 0.717) is 17.1 Å². The first-order valence-electron chi connectivity index (χ1n) is 6.94. The third-order valence-corrected chi connectivity index (χ3v) is 2.47. The lowest BCUT2D eigenvalue weighted by atomic mass is 9.89. The summed E-state index contributed by atoms with van der Waals surface area (Å²) in [4.78, 5) is 0. The number of aliphatic hydroxyl groups is 1. The minimum atomic E-state index is -2.15. The largest absolute Gasteiger partial charge is 0.454 e. The Labute approximate surface area is 106 Å². The molecule has 0 spiro atoms. The molecule has 17 heavy (non-hydrogen) atoms. The lowest BCUT2D eigenvalue weighted by Crippen LogP contribution is -2.23. The van der Waals surface area contributed by atoms with E-state index in [9.17, 15) is 5.11 Å². The average molecular weight is 237 g/mol. The van der Waals surface area contributed by atoms with Crippen molar-refractivity contribution >= 4 is 6.08 Å². The third-order valence-electron chi connectivity index (χ3n) is 2.47. The van der Waals surface area contributed by atoms with Crippen LogP contribution in [0.3, 0.4) is 0 Å². The Bertz CT molecular complexity index is 545. The summed E-state index contributed by atoms with van der Waals surface area (Å²) in [7, 11) is 0. The second-order valence-electron chi connectivity index (χ2n) is 4.96. The first-order chi connectivity index (χ1) is 9.00. The molecule has 0 amide bonds. The minimum Gasteiger partial charge on any atom is -0.454 e. The van der Waals surface area contributed by atoms with Gasteiger partial charge in [0.05, 0.1) is 7.45 Å². The van der Waals surface area contributed by atoms with E-state index in [1.54, 1.807) is 45.0 Å². The highest BCUT2D eigenvalue weighted by Crippen LogP contribution is 2.33. The summed E-state index contributed by atoms with van der Waals surface area (Å²) < 4.78 is 32.6. The first kappa shape index (κ1) is 8.59. The van der Waals surface area contributed by atoms with E-state index in [1.165, 1.54) is 6.08 Å². The van der Waals surface area contributed by atoms with E-state index in [1.807, 2.05) is 0 Å². The molecule has 1 aromatic carbocycles. The maximum Gasteiger partial charge on any atom is 0.231 e. The topological polar surface area (TPSA) is 38.7 Å². The maximum absolute atomic E-state index is 10.1. The highest BCUT2D eigenvalue weighted by Gasteiger charge is 2.19. The molecule has 92 valence electrons. The lowest BCUT2D eigenvalue weighted by molar-refractivity contribution is 0.106. The van der Waals surface area contributed by atoms with Gasteiger partial charge in [-0.15, -0.1) is 0 Å². The number of fused-ring (bicyclic) bond motifs is 1. The monoisotopic (exact) mass is 237 g/mol. The highest BCUT2D eigenvalue weighted by atomic mass is 16.7. The molecule has 1 aliphatic rings. The molecule has 0 radical (unpaired) electrons. The number of rotatable bonds is 2. The van der Waals surface area contributed by atoms with Gasteiger partial charge in [-0.25, -0.2) is 0 Å². The molecule has 1 heterocycles. The SMILES string of the molecule is [2H]C1([2H])Oc2ccc(/C=C/C([2H])(O)C(C)(C)C)cc2O1. The van der Waals surface area contributed by atoms with Crippen LogP contribution in [0, 0.1) is 5.41 Å². The molecule has 0 aromatic heterocycles. The molecule has 2 rings (SSSR count). The van der Waals surface area contributed by atoms with Gasteiger partial charge in [0.1, 0.15) is 2.74 Å². The molecule has 1 aromatic rings. The van der Waals surface area contributed by atoms with Crippen molar-refractivity contribution in [1.82, 2.24) is 0 Å². The molecule has 0 saturated carbocycles. The van der Waals surface area contributed by atoms with Crippen LogP contribution in [0.25, 0.3) is 6.08 Å².